The molecule has 4 aromatic rings. The molecule has 1 aliphatic heterocycles. The summed E-state index contributed by atoms with van der Waals surface area (Å²) in [5.41, 5.74) is 1.72. The predicted molar refractivity (Wildman–Crippen MR) is 128 cm³/mol. The summed E-state index contributed by atoms with van der Waals surface area (Å²) >= 11 is 6.15. The number of imidazole rings is 1. The zero-order valence-electron chi connectivity index (χ0n) is 18.4. The fraction of sp³-hybridized carbons (Fsp3) is 0.250. The largest absolute Gasteiger partial charge is 0.495 e. The van der Waals surface area contributed by atoms with Gasteiger partial charge >= 0.3 is 0 Å². The molecular formula is C24H22ClFN4O3S. The van der Waals surface area contributed by atoms with E-state index in [0.29, 0.717) is 54.2 Å². The standard InChI is InChI=1S/C24H22ClFN4O3S/c1-33-22-9-8-17(15-19(22)25)34(31,32)29-13-10-16(11-14-29)30-23(18-5-2-3-6-20(18)26)28-21-7-4-12-27-24(21)30/h2-9,12,15-16H,10-11,13-14H2,1H3. The number of methoxy groups -OCH3 is 1. The van der Waals surface area contributed by atoms with E-state index in [4.69, 9.17) is 16.3 Å². The lowest BCUT2D eigenvalue weighted by molar-refractivity contribution is 0.278. The number of ether oxygens (including phenoxy) is 1. The molecule has 5 rings (SSSR count). The highest BCUT2D eigenvalue weighted by Crippen LogP contribution is 2.35. The minimum atomic E-state index is -3.72. The molecule has 0 aliphatic carbocycles. The zero-order chi connectivity index (χ0) is 23.9. The molecule has 1 aliphatic rings. The topological polar surface area (TPSA) is 77.3 Å². The SMILES string of the molecule is COc1ccc(S(=O)(=O)N2CCC(n3c(-c4ccccc4F)nc4cccnc43)CC2)cc1Cl. The maximum Gasteiger partial charge on any atom is 0.243 e. The van der Waals surface area contributed by atoms with Gasteiger partial charge in [-0.3, -0.25) is 0 Å². The molecule has 0 spiro atoms. The summed E-state index contributed by atoms with van der Waals surface area (Å²) < 4.78 is 49.6. The van der Waals surface area contributed by atoms with Crippen LogP contribution >= 0.6 is 11.6 Å². The Hall–Kier alpha value is -3.01. The number of hydrogen-bond donors (Lipinski definition) is 0. The summed E-state index contributed by atoms with van der Waals surface area (Å²) in [7, 11) is -2.24. The van der Waals surface area contributed by atoms with E-state index >= 15 is 0 Å². The van der Waals surface area contributed by atoms with Crippen LogP contribution in [0.15, 0.2) is 65.7 Å². The second-order valence-electron chi connectivity index (χ2n) is 8.06. The number of fused-ring (bicyclic) bond motifs is 1. The van der Waals surface area contributed by atoms with Crippen LogP contribution in [0.5, 0.6) is 5.75 Å². The summed E-state index contributed by atoms with van der Waals surface area (Å²) in [4.78, 5) is 9.28. The van der Waals surface area contributed by atoms with Gasteiger partial charge in [0.05, 0.1) is 22.6 Å². The highest BCUT2D eigenvalue weighted by molar-refractivity contribution is 7.89. The number of halogens is 2. The number of rotatable bonds is 5. The predicted octanol–water partition coefficient (Wildman–Crippen LogP) is 4.93. The molecule has 0 atom stereocenters. The van der Waals surface area contributed by atoms with Crippen LogP contribution < -0.4 is 4.74 Å². The minimum Gasteiger partial charge on any atom is -0.495 e. The van der Waals surface area contributed by atoms with Crippen molar-refractivity contribution in [3.8, 4) is 17.1 Å². The van der Waals surface area contributed by atoms with Crippen molar-refractivity contribution >= 4 is 32.8 Å². The van der Waals surface area contributed by atoms with Crippen LogP contribution in [-0.4, -0.2) is 47.5 Å². The zero-order valence-corrected chi connectivity index (χ0v) is 19.9. The number of benzene rings is 2. The van der Waals surface area contributed by atoms with Crippen molar-refractivity contribution in [2.75, 3.05) is 20.2 Å². The summed E-state index contributed by atoms with van der Waals surface area (Å²) in [5.74, 6) is 0.546. The van der Waals surface area contributed by atoms with Gasteiger partial charge in [-0.15, -0.1) is 0 Å². The highest BCUT2D eigenvalue weighted by atomic mass is 35.5. The number of nitrogens with zero attached hydrogens (tertiary/aromatic N) is 4. The van der Waals surface area contributed by atoms with E-state index in [2.05, 4.69) is 9.97 Å². The van der Waals surface area contributed by atoms with Crippen molar-refractivity contribution in [3.05, 3.63) is 71.6 Å². The normalized spacial score (nSPS) is 15.6. The molecular weight excluding hydrogens is 479 g/mol. The van der Waals surface area contributed by atoms with Crippen LogP contribution in [-0.2, 0) is 10.0 Å². The van der Waals surface area contributed by atoms with Gasteiger partial charge in [-0.25, -0.2) is 22.8 Å². The Morgan fingerprint density at radius 1 is 1.09 bits per heavy atom. The summed E-state index contributed by atoms with van der Waals surface area (Å²) in [6.45, 7) is 0.611. The van der Waals surface area contributed by atoms with Crippen molar-refractivity contribution in [2.24, 2.45) is 0 Å². The van der Waals surface area contributed by atoms with Crippen LogP contribution in [0.25, 0.3) is 22.6 Å². The number of pyridine rings is 1. The molecule has 10 heteroatoms. The minimum absolute atomic E-state index is 0.0830. The molecule has 0 bridgehead atoms. The number of hydrogen-bond acceptors (Lipinski definition) is 5. The van der Waals surface area contributed by atoms with Crippen LogP contribution in [0, 0.1) is 5.82 Å². The fourth-order valence-corrected chi connectivity index (χ4v) is 6.22. The first-order chi connectivity index (χ1) is 16.4. The Labute approximate surface area is 201 Å². The van der Waals surface area contributed by atoms with E-state index in [-0.39, 0.29) is 21.8 Å². The van der Waals surface area contributed by atoms with Crippen molar-refractivity contribution in [1.82, 2.24) is 18.8 Å². The first kappa shape index (κ1) is 22.8. The highest BCUT2D eigenvalue weighted by Gasteiger charge is 2.32. The first-order valence-electron chi connectivity index (χ1n) is 10.8. The van der Waals surface area contributed by atoms with E-state index in [0.717, 1.165) is 0 Å². The van der Waals surface area contributed by atoms with E-state index in [1.165, 1.54) is 29.6 Å². The van der Waals surface area contributed by atoms with Crippen LogP contribution in [0.4, 0.5) is 4.39 Å². The average Bonchev–Trinajstić information content (AvgIpc) is 3.23. The Morgan fingerprint density at radius 3 is 2.56 bits per heavy atom. The van der Waals surface area contributed by atoms with Gasteiger partial charge in [-0.2, -0.15) is 4.31 Å². The van der Waals surface area contributed by atoms with E-state index in [1.807, 2.05) is 10.6 Å². The maximum absolute atomic E-state index is 14.7. The smallest absolute Gasteiger partial charge is 0.243 e. The molecule has 2 aromatic carbocycles. The van der Waals surface area contributed by atoms with Gasteiger partial charge in [-0.1, -0.05) is 23.7 Å². The number of sulfonamides is 1. The maximum atomic E-state index is 14.7. The molecule has 3 heterocycles. The molecule has 0 N–H and O–H groups in total. The summed E-state index contributed by atoms with van der Waals surface area (Å²) in [6.07, 6.45) is 2.75. The van der Waals surface area contributed by atoms with Gasteiger partial charge in [-0.05, 0) is 55.3 Å². The second kappa shape index (κ2) is 8.98. The monoisotopic (exact) mass is 500 g/mol. The van der Waals surface area contributed by atoms with E-state index < -0.39 is 10.0 Å². The lowest BCUT2D eigenvalue weighted by atomic mass is 10.1. The first-order valence-corrected chi connectivity index (χ1v) is 12.6. The van der Waals surface area contributed by atoms with Crippen molar-refractivity contribution in [2.45, 2.75) is 23.8 Å². The van der Waals surface area contributed by atoms with Crippen LogP contribution in [0.3, 0.4) is 0 Å². The van der Waals surface area contributed by atoms with Crippen LogP contribution in [0.1, 0.15) is 18.9 Å². The lowest BCUT2D eigenvalue weighted by Gasteiger charge is -2.32. The molecule has 34 heavy (non-hydrogen) atoms. The van der Waals surface area contributed by atoms with Gasteiger partial charge in [0, 0.05) is 25.3 Å². The van der Waals surface area contributed by atoms with Crippen molar-refractivity contribution in [3.63, 3.8) is 0 Å². The number of aromatic nitrogens is 3. The van der Waals surface area contributed by atoms with E-state index in [1.54, 1.807) is 36.5 Å². The lowest BCUT2D eigenvalue weighted by Crippen LogP contribution is -2.39. The molecule has 1 fully saturated rings. The molecule has 2 aromatic heterocycles. The Morgan fingerprint density at radius 2 is 1.85 bits per heavy atom. The molecule has 0 saturated carbocycles. The Bertz CT molecular complexity index is 1470. The third-order valence-corrected chi connectivity index (χ3v) is 8.30. The summed E-state index contributed by atoms with van der Waals surface area (Å²) in [6, 6.07) is 14.5. The quantitative estimate of drug-likeness (QED) is 0.388. The Kier molecular flexibility index (Phi) is 6.01. The fourth-order valence-electron chi connectivity index (χ4n) is 4.41. The summed E-state index contributed by atoms with van der Waals surface area (Å²) in [5, 5.41) is 0.240. The van der Waals surface area contributed by atoms with Crippen LogP contribution in [0.2, 0.25) is 5.02 Å². The van der Waals surface area contributed by atoms with Gasteiger partial charge in [0.1, 0.15) is 22.9 Å². The third-order valence-electron chi connectivity index (χ3n) is 6.11. The molecule has 176 valence electrons. The average molecular weight is 501 g/mol. The van der Waals surface area contributed by atoms with Gasteiger partial charge in [0.2, 0.25) is 10.0 Å². The third kappa shape index (κ3) is 3.93. The second-order valence-corrected chi connectivity index (χ2v) is 10.4. The van der Waals surface area contributed by atoms with Gasteiger partial charge < -0.3 is 9.30 Å². The molecule has 7 nitrogen and oxygen atoms in total. The van der Waals surface area contributed by atoms with Gasteiger partial charge in [0.25, 0.3) is 0 Å². The molecule has 0 unspecified atom stereocenters. The molecule has 0 amide bonds. The molecule has 1 saturated heterocycles. The number of piperidine rings is 1. The molecule has 0 radical (unpaired) electrons. The van der Waals surface area contributed by atoms with Crippen molar-refractivity contribution in [1.29, 1.82) is 0 Å². The Balaban J connectivity index is 1.45. The van der Waals surface area contributed by atoms with E-state index in [9.17, 15) is 12.8 Å². The van der Waals surface area contributed by atoms with Gasteiger partial charge in [0.15, 0.2) is 5.65 Å². The van der Waals surface area contributed by atoms with Crippen molar-refractivity contribution < 1.29 is 17.5 Å².